The number of hydrogen-bond acceptors (Lipinski definition) is 4. The van der Waals surface area contributed by atoms with E-state index in [0.717, 1.165) is 0 Å². The van der Waals surface area contributed by atoms with Crippen LogP contribution >= 0.6 is 0 Å². The van der Waals surface area contributed by atoms with Gasteiger partial charge in [0.15, 0.2) is 0 Å². The van der Waals surface area contributed by atoms with Crippen LogP contribution in [0.15, 0.2) is 12.3 Å². The number of anilines is 2. The van der Waals surface area contributed by atoms with Crippen molar-refractivity contribution >= 4 is 17.5 Å². The molecular weight excluding hydrogens is 182 g/mol. The number of nitrogens with one attached hydrogen (secondary N) is 1. The molecule has 0 unspecified atom stereocenters. The fourth-order valence-corrected chi connectivity index (χ4v) is 1.05. The van der Waals surface area contributed by atoms with E-state index in [2.05, 4.69) is 10.3 Å². The minimum Gasteiger partial charge on any atom is -0.478 e. The zero-order chi connectivity index (χ0) is 10.7. The highest BCUT2D eigenvalue weighted by atomic mass is 16.4. The highest BCUT2D eigenvalue weighted by molar-refractivity contribution is 5.96. The topological polar surface area (TPSA) is 88.2 Å². The van der Waals surface area contributed by atoms with Crippen LogP contribution < -0.4 is 11.1 Å². The second-order valence-corrected chi connectivity index (χ2v) is 3.22. The summed E-state index contributed by atoms with van der Waals surface area (Å²) in [5, 5.41) is 11.8. The summed E-state index contributed by atoms with van der Waals surface area (Å²) >= 11 is 0. The summed E-state index contributed by atoms with van der Waals surface area (Å²) in [4.78, 5) is 14.7. The van der Waals surface area contributed by atoms with Gasteiger partial charge in [-0.15, -0.1) is 0 Å². The standard InChI is InChI=1S/C9H13N3O2/c1-5(2)12-8-7(10)6(9(13)14)3-4-11-8/h3-5H,10H2,1-2H3,(H,11,12)(H,13,14). The summed E-state index contributed by atoms with van der Waals surface area (Å²) in [5.74, 6) is -0.628. The van der Waals surface area contributed by atoms with Crippen molar-refractivity contribution in [3.8, 4) is 0 Å². The largest absolute Gasteiger partial charge is 0.478 e. The minimum atomic E-state index is -1.04. The van der Waals surface area contributed by atoms with Crippen LogP contribution in [0.4, 0.5) is 11.5 Å². The van der Waals surface area contributed by atoms with Gasteiger partial charge in [-0.05, 0) is 19.9 Å². The third kappa shape index (κ3) is 2.12. The number of rotatable bonds is 3. The predicted octanol–water partition coefficient (Wildman–Crippen LogP) is 1.18. The molecular formula is C9H13N3O2. The summed E-state index contributed by atoms with van der Waals surface area (Å²) < 4.78 is 0. The minimum absolute atomic E-state index is 0.0724. The molecule has 0 radical (unpaired) electrons. The van der Waals surface area contributed by atoms with Gasteiger partial charge >= 0.3 is 5.97 Å². The number of aromatic nitrogens is 1. The number of hydrogen-bond donors (Lipinski definition) is 3. The number of nitrogens with two attached hydrogens (primary N) is 1. The Labute approximate surface area is 82.0 Å². The molecule has 0 aliphatic carbocycles. The molecule has 76 valence electrons. The van der Waals surface area contributed by atoms with E-state index in [4.69, 9.17) is 10.8 Å². The van der Waals surface area contributed by atoms with E-state index in [0.29, 0.717) is 5.82 Å². The molecule has 5 nitrogen and oxygen atoms in total. The second-order valence-electron chi connectivity index (χ2n) is 3.22. The Balaban J connectivity index is 3.07. The SMILES string of the molecule is CC(C)Nc1nccc(C(=O)O)c1N. The first-order valence-electron chi connectivity index (χ1n) is 4.26. The Kier molecular flexibility index (Phi) is 2.91. The molecule has 1 heterocycles. The van der Waals surface area contributed by atoms with Crippen LogP contribution in [0.25, 0.3) is 0 Å². The Morgan fingerprint density at radius 3 is 2.79 bits per heavy atom. The van der Waals surface area contributed by atoms with Gasteiger partial charge in [-0.3, -0.25) is 0 Å². The van der Waals surface area contributed by atoms with Crippen LogP contribution in [-0.4, -0.2) is 22.1 Å². The second kappa shape index (κ2) is 3.95. The Hall–Kier alpha value is -1.78. The van der Waals surface area contributed by atoms with Crippen molar-refractivity contribution in [2.45, 2.75) is 19.9 Å². The molecule has 1 aromatic rings. The van der Waals surface area contributed by atoms with E-state index in [-0.39, 0.29) is 17.3 Å². The molecule has 0 atom stereocenters. The number of nitrogen functional groups attached to an aromatic ring is 1. The number of nitrogens with zero attached hydrogens (tertiary/aromatic N) is 1. The van der Waals surface area contributed by atoms with Crippen molar-refractivity contribution in [1.82, 2.24) is 4.98 Å². The van der Waals surface area contributed by atoms with Crippen molar-refractivity contribution in [3.63, 3.8) is 0 Å². The summed E-state index contributed by atoms with van der Waals surface area (Å²) in [6.45, 7) is 3.85. The number of carbonyl (C=O) groups is 1. The molecule has 0 bridgehead atoms. The van der Waals surface area contributed by atoms with Crippen LogP contribution in [0.3, 0.4) is 0 Å². The third-order valence-electron chi connectivity index (χ3n) is 1.65. The van der Waals surface area contributed by atoms with Gasteiger partial charge in [0.25, 0.3) is 0 Å². The summed E-state index contributed by atoms with van der Waals surface area (Å²) in [6, 6.07) is 1.54. The molecule has 5 heteroatoms. The van der Waals surface area contributed by atoms with E-state index in [9.17, 15) is 4.79 Å². The molecule has 0 amide bonds. The van der Waals surface area contributed by atoms with Crippen LogP contribution in [0.2, 0.25) is 0 Å². The van der Waals surface area contributed by atoms with Crippen molar-refractivity contribution in [2.24, 2.45) is 0 Å². The fraction of sp³-hybridized carbons (Fsp3) is 0.333. The summed E-state index contributed by atoms with van der Waals surface area (Å²) in [7, 11) is 0. The van der Waals surface area contributed by atoms with Gasteiger partial charge in [0.05, 0.1) is 11.3 Å². The lowest BCUT2D eigenvalue weighted by Gasteiger charge is -2.12. The van der Waals surface area contributed by atoms with Crippen LogP contribution in [0.1, 0.15) is 24.2 Å². The van der Waals surface area contributed by atoms with E-state index >= 15 is 0 Å². The smallest absolute Gasteiger partial charge is 0.337 e. The molecule has 0 saturated heterocycles. The molecule has 0 saturated carbocycles. The molecule has 0 aliphatic rings. The van der Waals surface area contributed by atoms with Crippen molar-refractivity contribution in [1.29, 1.82) is 0 Å². The maximum absolute atomic E-state index is 10.7. The average molecular weight is 195 g/mol. The molecule has 1 rings (SSSR count). The number of aromatic carboxylic acids is 1. The number of carboxylic acids is 1. The van der Waals surface area contributed by atoms with Gasteiger partial charge in [-0.2, -0.15) is 0 Å². The lowest BCUT2D eigenvalue weighted by Crippen LogP contribution is -2.14. The van der Waals surface area contributed by atoms with Crippen molar-refractivity contribution in [2.75, 3.05) is 11.1 Å². The van der Waals surface area contributed by atoms with Crippen LogP contribution in [-0.2, 0) is 0 Å². The molecule has 0 spiro atoms. The van der Waals surface area contributed by atoms with Crippen LogP contribution in [0, 0.1) is 0 Å². The zero-order valence-corrected chi connectivity index (χ0v) is 8.11. The van der Waals surface area contributed by atoms with Gasteiger partial charge in [0.1, 0.15) is 5.82 Å². The first kappa shape index (κ1) is 10.3. The molecule has 1 aromatic heterocycles. The fourth-order valence-electron chi connectivity index (χ4n) is 1.05. The molecule has 4 N–H and O–H groups in total. The normalized spacial score (nSPS) is 10.2. The Bertz CT molecular complexity index is 350. The lowest BCUT2D eigenvalue weighted by molar-refractivity contribution is 0.0698. The van der Waals surface area contributed by atoms with E-state index < -0.39 is 5.97 Å². The van der Waals surface area contributed by atoms with E-state index in [1.165, 1.54) is 12.3 Å². The summed E-state index contributed by atoms with van der Waals surface area (Å²) in [5.41, 5.74) is 5.87. The van der Waals surface area contributed by atoms with Gasteiger partial charge in [-0.25, -0.2) is 9.78 Å². The quantitative estimate of drug-likeness (QED) is 0.674. The van der Waals surface area contributed by atoms with Crippen LogP contribution in [0.5, 0.6) is 0 Å². The monoisotopic (exact) mass is 195 g/mol. The lowest BCUT2D eigenvalue weighted by atomic mass is 10.2. The predicted molar refractivity (Wildman–Crippen MR) is 54.4 cm³/mol. The van der Waals surface area contributed by atoms with Crippen molar-refractivity contribution < 1.29 is 9.90 Å². The Morgan fingerprint density at radius 1 is 1.64 bits per heavy atom. The maximum atomic E-state index is 10.7. The third-order valence-corrected chi connectivity index (χ3v) is 1.65. The van der Waals surface area contributed by atoms with Gasteiger partial charge in [-0.1, -0.05) is 0 Å². The number of carboxylic acid groups (broad SMARTS) is 1. The van der Waals surface area contributed by atoms with Gasteiger partial charge in [0, 0.05) is 12.2 Å². The number of pyridine rings is 1. The zero-order valence-electron chi connectivity index (χ0n) is 8.11. The Morgan fingerprint density at radius 2 is 2.29 bits per heavy atom. The average Bonchev–Trinajstić information content (AvgIpc) is 2.07. The first-order valence-corrected chi connectivity index (χ1v) is 4.26. The molecule has 0 aromatic carbocycles. The first-order chi connectivity index (χ1) is 6.52. The van der Waals surface area contributed by atoms with Gasteiger partial charge < -0.3 is 16.2 Å². The van der Waals surface area contributed by atoms with E-state index in [1.807, 2.05) is 13.8 Å². The highest BCUT2D eigenvalue weighted by Crippen LogP contribution is 2.20. The van der Waals surface area contributed by atoms with Crippen molar-refractivity contribution in [3.05, 3.63) is 17.8 Å². The highest BCUT2D eigenvalue weighted by Gasteiger charge is 2.12. The van der Waals surface area contributed by atoms with Gasteiger partial charge in [0.2, 0.25) is 0 Å². The molecule has 14 heavy (non-hydrogen) atoms. The maximum Gasteiger partial charge on any atom is 0.337 e. The summed E-state index contributed by atoms with van der Waals surface area (Å²) in [6.07, 6.45) is 1.42. The molecule has 0 aliphatic heterocycles. The molecule has 0 fully saturated rings. The van der Waals surface area contributed by atoms with E-state index in [1.54, 1.807) is 0 Å².